The van der Waals surface area contributed by atoms with Crippen LogP contribution in [0.4, 0.5) is 5.69 Å². The van der Waals surface area contributed by atoms with Crippen molar-refractivity contribution in [2.24, 2.45) is 0 Å². The van der Waals surface area contributed by atoms with Gasteiger partial charge >= 0.3 is 0 Å². The molecular formula is C24H31N3O3S. The number of amides is 1. The third-order valence-electron chi connectivity index (χ3n) is 6.31. The Morgan fingerprint density at radius 2 is 1.61 bits per heavy atom. The highest BCUT2D eigenvalue weighted by molar-refractivity contribution is 7.89. The van der Waals surface area contributed by atoms with Crippen molar-refractivity contribution in [3.63, 3.8) is 0 Å². The fourth-order valence-corrected chi connectivity index (χ4v) is 5.97. The van der Waals surface area contributed by atoms with Crippen LogP contribution in [-0.4, -0.2) is 44.8 Å². The summed E-state index contributed by atoms with van der Waals surface area (Å²) in [6, 6.07) is 13.0. The minimum atomic E-state index is -3.60. The average molecular weight is 442 g/mol. The van der Waals surface area contributed by atoms with Gasteiger partial charge in [0.15, 0.2) is 0 Å². The molecule has 2 saturated heterocycles. The van der Waals surface area contributed by atoms with E-state index in [1.165, 1.54) is 0 Å². The van der Waals surface area contributed by atoms with Crippen molar-refractivity contribution in [3.8, 4) is 0 Å². The Hall–Kier alpha value is -2.38. The molecule has 2 aliphatic rings. The number of piperidine rings is 1. The topological polar surface area (TPSA) is 69.7 Å². The molecule has 2 aromatic carbocycles. The largest absolute Gasteiger partial charge is 0.371 e. The molecule has 2 heterocycles. The summed E-state index contributed by atoms with van der Waals surface area (Å²) in [4.78, 5) is 15.6. The van der Waals surface area contributed by atoms with Gasteiger partial charge in [-0.25, -0.2) is 8.42 Å². The molecule has 4 rings (SSSR count). The normalized spacial score (nSPS) is 17.6. The van der Waals surface area contributed by atoms with Gasteiger partial charge in [0.05, 0.1) is 10.5 Å². The van der Waals surface area contributed by atoms with E-state index in [9.17, 15) is 13.2 Å². The maximum absolute atomic E-state index is 13.2. The van der Waals surface area contributed by atoms with Gasteiger partial charge < -0.3 is 10.2 Å². The predicted molar refractivity (Wildman–Crippen MR) is 123 cm³/mol. The van der Waals surface area contributed by atoms with E-state index >= 15 is 0 Å². The summed E-state index contributed by atoms with van der Waals surface area (Å²) >= 11 is 0. The standard InChI is InChI=1S/C24H31N3O3S/c1-19-9-3-4-10-20(19)18-25-24(28)22-17-21(11-12-23(22)26-13-7-8-14-26)31(29,30)27-15-5-2-6-16-27/h3-4,9-12,17H,2,5-8,13-16,18H2,1H3,(H,25,28). The van der Waals surface area contributed by atoms with Crippen molar-refractivity contribution >= 4 is 21.6 Å². The minimum absolute atomic E-state index is 0.207. The average Bonchev–Trinajstić information content (AvgIpc) is 3.33. The zero-order valence-corrected chi connectivity index (χ0v) is 19.0. The summed E-state index contributed by atoms with van der Waals surface area (Å²) in [6.45, 7) is 5.29. The number of hydrogen-bond acceptors (Lipinski definition) is 4. The molecule has 1 amide bonds. The van der Waals surface area contributed by atoms with Crippen molar-refractivity contribution in [2.45, 2.75) is 50.5 Å². The Morgan fingerprint density at radius 3 is 2.32 bits per heavy atom. The first-order chi connectivity index (χ1) is 15.0. The third kappa shape index (κ3) is 4.77. The van der Waals surface area contributed by atoms with E-state index in [0.717, 1.165) is 62.0 Å². The van der Waals surface area contributed by atoms with Gasteiger partial charge in [0.25, 0.3) is 5.91 Å². The smallest absolute Gasteiger partial charge is 0.253 e. The van der Waals surface area contributed by atoms with E-state index < -0.39 is 10.0 Å². The molecule has 7 heteroatoms. The van der Waals surface area contributed by atoms with Crippen molar-refractivity contribution in [3.05, 3.63) is 59.2 Å². The first kappa shape index (κ1) is 21.8. The molecule has 0 spiro atoms. The number of hydrogen-bond donors (Lipinski definition) is 1. The van der Waals surface area contributed by atoms with Gasteiger partial charge in [-0.05, 0) is 61.9 Å². The highest BCUT2D eigenvalue weighted by atomic mass is 32.2. The second-order valence-corrected chi connectivity index (χ2v) is 10.4. The van der Waals surface area contributed by atoms with Gasteiger partial charge in [0, 0.05) is 38.4 Å². The fraction of sp³-hybridized carbons (Fsp3) is 0.458. The van der Waals surface area contributed by atoms with Crippen molar-refractivity contribution < 1.29 is 13.2 Å². The van der Waals surface area contributed by atoms with E-state index in [4.69, 9.17) is 0 Å². The number of carbonyl (C=O) groups excluding carboxylic acids is 1. The van der Waals surface area contributed by atoms with Crippen LogP contribution < -0.4 is 10.2 Å². The van der Waals surface area contributed by atoms with Gasteiger partial charge in [0.1, 0.15) is 0 Å². The lowest BCUT2D eigenvalue weighted by atomic mass is 10.1. The maximum atomic E-state index is 13.2. The SMILES string of the molecule is Cc1ccccc1CNC(=O)c1cc(S(=O)(=O)N2CCCCC2)ccc1N1CCCC1. The van der Waals surface area contributed by atoms with Crippen LogP contribution in [0, 0.1) is 6.92 Å². The molecule has 31 heavy (non-hydrogen) atoms. The highest BCUT2D eigenvalue weighted by Gasteiger charge is 2.28. The molecule has 0 saturated carbocycles. The summed E-state index contributed by atoms with van der Waals surface area (Å²) < 4.78 is 28.0. The number of nitrogens with zero attached hydrogens (tertiary/aromatic N) is 2. The second-order valence-electron chi connectivity index (χ2n) is 8.45. The van der Waals surface area contributed by atoms with E-state index in [1.54, 1.807) is 16.4 Å². The number of carbonyl (C=O) groups is 1. The molecule has 1 N–H and O–H groups in total. The molecule has 0 atom stereocenters. The number of sulfonamides is 1. The van der Waals surface area contributed by atoms with E-state index in [-0.39, 0.29) is 10.8 Å². The molecule has 0 aliphatic carbocycles. The van der Waals surface area contributed by atoms with Crippen molar-refractivity contribution in [2.75, 3.05) is 31.1 Å². The van der Waals surface area contributed by atoms with Crippen LogP contribution in [-0.2, 0) is 16.6 Å². The molecule has 166 valence electrons. The zero-order chi connectivity index (χ0) is 21.8. The lowest BCUT2D eigenvalue weighted by Crippen LogP contribution is -2.36. The molecule has 0 unspecified atom stereocenters. The molecule has 0 aromatic heterocycles. The quantitative estimate of drug-likeness (QED) is 0.742. The number of benzene rings is 2. The van der Waals surface area contributed by atoms with Crippen LogP contribution >= 0.6 is 0 Å². The van der Waals surface area contributed by atoms with Crippen molar-refractivity contribution in [1.82, 2.24) is 9.62 Å². The Bertz CT molecular complexity index is 1040. The van der Waals surface area contributed by atoms with Crippen LogP contribution in [0.2, 0.25) is 0 Å². The molecule has 2 fully saturated rings. The number of nitrogens with one attached hydrogen (secondary N) is 1. The Kier molecular flexibility index (Phi) is 6.62. The minimum Gasteiger partial charge on any atom is -0.371 e. The van der Waals surface area contributed by atoms with Gasteiger partial charge in [-0.1, -0.05) is 30.7 Å². The molecule has 0 radical (unpaired) electrons. The number of aryl methyl sites for hydroxylation is 1. The first-order valence-electron chi connectivity index (χ1n) is 11.2. The van der Waals surface area contributed by atoms with Crippen LogP contribution in [0.5, 0.6) is 0 Å². The molecule has 2 aliphatic heterocycles. The number of rotatable bonds is 6. The zero-order valence-electron chi connectivity index (χ0n) is 18.1. The maximum Gasteiger partial charge on any atom is 0.253 e. The van der Waals surface area contributed by atoms with Crippen LogP contribution in [0.15, 0.2) is 47.4 Å². The summed E-state index contributed by atoms with van der Waals surface area (Å²) in [5, 5.41) is 3.00. The fourth-order valence-electron chi connectivity index (χ4n) is 4.42. The Labute approximate surface area is 185 Å². The Balaban J connectivity index is 1.63. The van der Waals surface area contributed by atoms with E-state index in [2.05, 4.69) is 10.2 Å². The number of anilines is 1. The van der Waals surface area contributed by atoms with Gasteiger partial charge in [-0.3, -0.25) is 4.79 Å². The van der Waals surface area contributed by atoms with Gasteiger partial charge in [-0.15, -0.1) is 0 Å². The van der Waals surface area contributed by atoms with Crippen LogP contribution in [0.25, 0.3) is 0 Å². The van der Waals surface area contributed by atoms with E-state index in [0.29, 0.717) is 25.2 Å². The van der Waals surface area contributed by atoms with Crippen LogP contribution in [0.1, 0.15) is 53.6 Å². The second kappa shape index (κ2) is 9.40. The highest BCUT2D eigenvalue weighted by Crippen LogP contribution is 2.29. The van der Waals surface area contributed by atoms with Gasteiger partial charge in [-0.2, -0.15) is 4.31 Å². The molecular weight excluding hydrogens is 410 g/mol. The van der Waals surface area contributed by atoms with Gasteiger partial charge in [0.2, 0.25) is 10.0 Å². The molecule has 2 aromatic rings. The third-order valence-corrected chi connectivity index (χ3v) is 8.21. The summed E-state index contributed by atoms with van der Waals surface area (Å²) in [7, 11) is -3.60. The van der Waals surface area contributed by atoms with Crippen molar-refractivity contribution in [1.29, 1.82) is 0 Å². The first-order valence-corrected chi connectivity index (χ1v) is 12.6. The molecule has 6 nitrogen and oxygen atoms in total. The monoisotopic (exact) mass is 441 g/mol. The summed E-state index contributed by atoms with van der Waals surface area (Å²) in [5.41, 5.74) is 3.42. The lowest BCUT2D eigenvalue weighted by Gasteiger charge is -2.27. The Morgan fingerprint density at radius 1 is 0.935 bits per heavy atom. The van der Waals surface area contributed by atoms with E-state index in [1.807, 2.05) is 37.3 Å². The lowest BCUT2D eigenvalue weighted by molar-refractivity contribution is 0.0951. The predicted octanol–water partition coefficient (Wildman–Crippen LogP) is 3.70. The summed E-state index contributed by atoms with van der Waals surface area (Å²) in [6.07, 6.45) is 4.99. The molecule has 0 bridgehead atoms. The summed E-state index contributed by atoms with van der Waals surface area (Å²) in [5.74, 6) is -0.235. The van der Waals surface area contributed by atoms with Crippen LogP contribution in [0.3, 0.4) is 0 Å².